The molecule has 0 unspecified atom stereocenters. The van der Waals surface area contributed by atoms with Crippen molar-refractivity contribution in [2.45, 2.75) is 18.7 Å². The van der Waals surface area contributed by atoms with Crippen LogP contribution in [0, 0.1) is 17.1 Å². The normalized spacial score (nSPS) is 13.4. The zero-order valence-corrected chi connectivity index (χ0v) is 15.3. The molecule has 28 heavy (non-hydrogen) atoms. The van der Waals surface area contributed by atoms with Gasteiger partial charge in [0.05, 0.1) is 22.2 Å². The number of nitrogens with one attached hydrogen (secondary N) is 1. The van der Waals surface area contributed by atoms with Crippen LogP contribution in [-0.2, 0) is 6.18 Å². The lowest BCUT2D eigenvalue weighted by atomic mass is 10.0. The first kappa shape index (κ1) is 21.5. The van der Waals surface area contributed by atoms with E-state index in [4.69, 9.17) is 21.6 Å². The lowest BCUT2D eigenvalue weighted by Crippen LogP contribution is -2.37. The zero-order chi connectivity index (χ0) is 21.1. The molecule has 0 aliphatic rings. The highest BCUT2D eigenvalue weighted by atomic mass is 35.5. The molecule has 0 heterocycles. The minimum Gasteiger partial charge on any atom is -0.490 e. The van der Waals surface area contributed by atoms with Crippen molar-refractivity contribution in [3.63, 3.8) is 0 Å². The first-order valence-electron chi connectivity index (χ1n) is 7.82. The number of nitriles is 1. The molecule has 0 spiro atoms. The maximum atomic E-state index is 13.4. The van der Waals surface area contributed by atoms with Crippen molar-refractivity contribution < 1.29 is 27.4 Å². The Bertz CT molecular complexity index is 937. The Labute approximate surface area is 163 Å². The van der Waals surface area contributed by atoms with Crippen LogP contribution in [0.15, 0.2) is 48.7 Å². The summed E-state index contributed by atoms with van der Waals surface area (Å²) in [4.78, 5) is 0. The van der Waals surface area contributed by atoms with Gasteiger partial charge in [-0.05, 0) is 37.3 Å². The minimum atomic E-state index is -4.71. The Morgan fingerprint density at radius 2 is 1.96 bits per heavy atom. The molecule has 0 fully saturated rings. The van der Waals surface area contributed by atoms with Gasteiger partial charge in [0.1, 0.15) is 23.8 Å². The van der Waals surface area contributed by atoms with Gasteiger partial charge in [-0.15, -0.1) is 0 Å². The van der Waals surface area contributed by atoms with Crippen LogP contribution in [0.4, 0.5) is 23.2 Å². The SMILES string of the molecule is C=C(Nc1ccc(C#N)c(C(F)(F)F)c1)[C@](C)(O)COc1ccc(Cl)c(F)c1. The van der Waals surface area contributed by atoms with Crippen LogP contribution >= 0.6 is 11.6 Å². The standard InChI is InChI=1S/C19H15ClF4N2O2/c1-11(18(2,27)10-28-14-5-6-16(20)17(21)8-14)26-13-4-3-12(9-25)15(7-13)19(22,23)24/h3-8,26-27H,1,10H2,2H3/t18-/m1/s1. The van der Waals surface area contributed by atoms with Crippen LogP contribution in [0.25, 0.3) is 0 Å². The predicted octanol–water partition coefficient (Wildman–Crippen LogP) is 5.13. The highest BCUT2D eigenvalue weighted by molar-refractivity contribution is 6.30. The molecule has 0 bridgehead atoms. The van der Waals surface area contributed by atoms with Gasteiger partial charge in [0.25, 0.3) is 0 Å². The fraction of sp³-hybridized carbons (Fsp3) is 0.211. The van der Waals surface area contributed by atoms with Crippen LogP contribution in [0.2, 0.25) is 5.02 Å². The lowest BCUT2D eigenvalue weighted by molar-refractivity contribution is -0.137. The molecule has 0 saturated heterocycles. The Morgan fingerprint density at radius 3 is 2.54 bits per heavy atom. The zero-order valence-electron chi connectivity index (χ0n) is 14.6. The molecule has 2 rings (SSSR count). The Kier molecular flexibility index (Phi) is 6.22. The fourth-order valence-electron chi connectivity index (χ4n) is 2.14. The number of hydrogen-bond donors (Lipinski definition) is 2. The maximum Gasteiger partial charge on any atom is 0.417 e. The largest absolute Gasteiger partial charge is 0.490 e. The molecule has 1 atom stereocenters. The summed E-state index contributed by atoms with van der Waals surface area (Å²) in [5.74, 6) is -0.597. The van der Waals surface area contributed by atoms with E-state index in [-0.39, 0.29) is 28.8 Å². The minimum absolute atomic E-state index is 0.0193. The summed E-state index contributed by atoms with van der Waals surface area (Å²) in [5, 5.41) is 21.8. The molecule has 148 valence electrons. The Morgan fingerprint density at radius 1 is 1.29 bits per heavy atom. The number of benzene rings is 2. The molecule has 2 aromatic rings. The molecule has 0 saturated carbocycles. The molecule has 0 amide bonds. The second-order valence-corrected chi connectivity index (χ2v) is 6.52. The van der Waals surface area contributed by atoms with E-state index in [0.717, 1.165) is 18.2 Å². The Hall–Kier alpha value is -2.76. The van der Waals surface area contributed by atoms with E-state index >= 15 is 0 Å². The van der Waals surface area contributed by atoms with Crippen LogP contribution < -0.4 is 10.1 Å². The number of hydrogen-bond acceptors (Lipinski definition) is 4. The topological polar surface area (TPSA) is 65.3 Å². The number of aliphatic hydroxyl groups is 1. The highest BCUT2D eigenvalue weighted by Gasteiger charge is 2.34. The van der Waals surface area contributed by atoms with Gasteiger partial charge in [0.15, 0.2) is 0 Å². The summed E-state index contributed by atoms with van der Waals surface area (Å²) in [6.45, 7) is 4.58. The average molecular weight is 415 g/mol. The van der Waals surface area contributed by atoms with Gasteiger partial charge in [0, 0.05) is 17.5 Å². The van der Waals surface area contributed by atoms with Crippen molar-refractivity contribution in [3.05, 3.63) is 70.6 Å². The van der Waals surface area contributed by atoms with Crippen LogP contribution in [0.1, 0.15) is 18.1 Å². The van der Waals surface area contributed by atoms with E-state index in [0.29, 0.717) is 0 Å². The van der Waals surface area contributed by atoms with Gasteiger partial charge >= 0.3 is 6.18 Å². The van der Waals surface area contributed by atoms with Gasteiger partial charge in [-0.1, -0.05) is 18.2 Å². The summed E-state index contributed by atoms with van der Waals surface area (Å²) < 4.78 is 57.9. The lowest BCUT2D eigenvalue weighted by Gasteiger charge is -2.27. The first-order valence-corrected chi connectivity index (χ1v) is 8.20. The summed E-state index contributed by atoms with van der Waals surface area (Å²) in [7, 11) is 0. The number of ether oxygens (including phenoxy) is 1. The first-order chi connectivity index (χ1) is 12.9. The third-order valence-corrected chi connectivity index (χ3v) is 4.11. The quantitative estimate of drug-likeness (QED) is 0.643. The van der Waals surface area contributed by atoms with Crippen LogP contribution in [-0.4, -0.2) is 17.3 Å². The second kappa shape index (κ2) is 8.09. The molecule has 0 aliphatic carbocycles. The molecule has 0 radical (unpaired) electrons. The number of halogens is 5. The van der Waals surface area contributed by atoms with Crippen molar-refractivity contribution >= 4 is 17.3 Å². The van der Waals surface area contributed by atoms with E-state index < -0.39 is 28.7 Å². The number of rotatable bonds is 6. The van der Waals surface area contributed by atoms with Crippen molar-refractivity contribution in [3.8, 4) is 11.8 Å². The fourth-order valence-corrected chi connectivity index (χ4v) is 2.26. The summed E-state index contributed by atoms with van der Waals surface area (Å²) in [6, 6.07) is 8.20. The van der Waals surface area contributed by atoms with E-state index in [2.05, 4.69) is 11.9 Å². The molecule has 2 N–H and O–H groups in total. The summed E-state index contributed by atoms with van der Waals surface area (Å²) in [6.07, 6.45) is -4.71. The van der Waals surface area contributed by atoms with E-state index in [1.807, 2.05) is 0 Å². The molecule has 0 aromatic heterocycles. The van der Waals surface area contributed by atoms with Gasteiger partial charge in [0.2, 0.25) is 0 Å². The van der Waals surface area contributed by atoms with Gasteiger partial charge in [-0.25, -0.2) is 4.39 Å². The van der Waals surface area contributed by atoms with E-state index in [1.54, 1.807) is 0 Å². The molecule has 0 aliphatic heterocycles. The van der Waals surface area contributed by atoms with Crippen LogP contribution in [0.5, 0.6) is 5.75 Å². The third-order valence-electron chi connectivity index (χ3n) is 3.80. The van der Waals surface area contributed by atoms with Gasteiger partial charge < -0.3 is 15.2 Å². The second-order valence-electron chi connectivity index (χ2n) is 6.11. The molecule has 4 nitrogen and oxygen atoms in total. The van der Waals surface area contributed by atoms with E-state index in [1.165, 1.54) is 31.2 Å². The van der Waals surface area contributed by atoms with Crippen molar-refractivity contribution in [2.24, 2.45) is 0 Å². The Balaban J connectivity index is 2.12. The number of alkyl halides is 3. The smallest absolute Gasteiger partial charge is 0.417 e. The maximum absolute atomic E-state index is 13.4. The summed E-state index contributed by atoms with van der Waals surface area (Å²) in [5.41, 5.74) is -3.42. The molecule has 2 aromatic carbocycles. The molecular formula is C19H15ClF4N2O2. The average Bonchev–Trinajstić information content (AvgIpc) is 2.62. The number of anilines is 1. The third kappa shape index (κ3) is 5.15. The van der Waals surface area contributed by atoms with Crippen molar-refractivity contribution in [1.29, 1.82) is 5.26 Å². The highest BCUT2D eigenvalue weighted by Crippen LogP contribution is 2.34. The van der Waals surface area contributed by atoms with E-state index in [9.17, 15) is 22.7 Å². The van der Waals surface area contributed by atoms with Crippen LogP contribution in [0.3, 0.4) is 0 Å². The van der Waals surface area contributed by atoms with Crippen molar-refractivity contribution in [1.82, 2.24) is 0 Å². The van der Waals surface area contributed by atoms with Crippen molar-refractivity contribution in [2.75, 3.05) is 11.9 Å². The monoisotopic (exact) mass is 414 g/mol. The molecule has 9 heteroatoms. The predicted molar refractivity (Wildman–Crippen MR) is 96.5 cm³/mol. The number of nitrogens with zero attached hydrogens (tertiary/aromatic N) is 1. The van der Waals surface area contributed by atoms with Gasteiger partial charge in [-0.2, -0.15) is 18.4 Å². The summed E-state index contributed by atoms with van der Waals surface area (Å²) >= 11 is 5.57. The van der Waals surface area contributed by atoms with Gasteiger partial charge in [-0.3, -0.25) is 0 Å². The molecular weight excluding hydrogens is 400 g/mol.